The number of carbonyl (C=O) groups is 1. The molecular weight excluding hydrogens is 372 g/mol. The number of aromatic nitrogens is 2. The number of piperazine rings is 1. The maximum absolute atomic E-state index is 12.0. The Balaban J connectivity index is 1.82. The molecule has 1 saturated heterocycles. The molecule has 1 aromatic heterocycles. The fourth-order valence-electron chi connectivity index (χ4n) is 3.07. The summed E-state index contributed by atoms with van der Waals surface area (Å²) in [5, 5.41) is 8.61. The van der Waals surface area contributed by atoms with Crippen LogP contribution in [-0.4, -0.2) is 73.0 Å². The Morgan fingerprint density at radius 3 is 2.83 bits per heavy atom. The lowest BCUT2D eigenvalue weighted by atomic mass is 10.0. The fraction of sp³-hybridized carbons (Fsp3) is 0.400. The van der Waals surface area contributed by atoms with E-state index in [0.717, 1.165) is 0 Å². The van der Waals surface area contributed by atoms with Crippen LogP contribution in [-0.2, 0) is 9.53 Å². The highest BCUT2D eigenvalue weighted by Gasteiger charge is 2.23. The number of nitrogens with zero attached hydrogens (tertiary/aromatic N) is 4. The summed E-state index contributed by atoms with van der Waals surface area (Å²) < 4.78 is 10.9. The van der Waals surface area contributed by atoms with Gasteiger partial charge in [-0.15, -0.1) is 0 Å². The predicted octanol–water partition coefficient (Wildman–Crippen LogP) is 1.17. The van der Waals surface area contributed by atoms with Crippen molar-refractivity contribution in [2.75, 3.05) is 51.0 Å². The number of carbonyl (C=O) groups excluding carboxylic acids is 1. The number of nitrogen functional groups attached to an aromatic ring is 1. The molecule has 2 heterocycles. The van der Waals surface area contributed by atoms with Crippen molar-refractivity contribution in [3.8, 4) is 5.75 Å². The van der Waals surface area contributed by atoms with E-state index in [1.54, 1.807) is 43.3 Å². The maximum atomic E-state index is 12.0. The smallest absolute Gasteiger partial charge is 0.241 e. The van der Waals surface area contributed by atoms with Crippen LogP contribution in [0.5, 0.6) is 5.75 Å². The molecule has 2 aromatic rings. The quantitative estimate of drug-likeness (QED) is 0.531. The van der Waals surface area contributed by atoms with Gasteiger partial charge >= 0.3 is 0 Å². The van der Waals surface area contributed by atoms with Gasteiger partial charge in [-0.1, -0.05) is 0 Å². The molecule has 3 rings (SSSR count). The highest BCUT2D eigenvalue weighted by Crippen LogP contribution is 2.24. The van der Waals surface area contributed by atoms with Gasteiger partial charge in [0, 0.05) is 44.6 Å². The standard InChI is InChI=1S/C20H26N6O3/c1-13(11-28-3)29-14-4-5-16(21)15(8-14)20(22)17-9-18(24-12-23-17)26-7-6-25(2)19(27)10-26/h4-5,8-9,12-13,22H,6-7,10-11,21H2,1-3H3. The first-order valence-electron chi connectivity index (χ1n) is 9.34. The number of hydrogen-bond acceptors (Lipinski definition) is 8. The van der Waals surface area contributed by atoms with Crippen LogP contribution in [0.4, 0.5) is 11.5 Å². The summed E-state index contributed by atoms with van der Waals surface area (Å²) in [7, 11) is 3.40. The van der Waals surface area contributed by atoms with E-state index in [2.05, 4.69) is 9.97 Å². The van der Waals surface area contributed by atoms with Gasteiger partial charge in [-0.05, 0) is 25.1 Å². The first kappa shape index (κ1) is 20.5. The van der Waals surface area contributed by atoms with Crippen LogP contribution in [0.25, 0.3) is 0 Å². The minimum Gasteiger partial charge on any atom is -0.488 e. The number of anilines is 2. The van der Waals surface area contributed by atoms with E-state index in [4.69, 9.17) is 20.6 Å². The molecule has 0 saturated carbocycles. The Labute approximate surface area is 170 Å². The topological polar surface area (TPSA) is 118 Å². The summed E-state index contributed by atoms with van der Waals surface area (Å²) in [5.41, 5.74) is 7.67. The van der Waals surface area contributed by atoms with E-state index in [1.165, 1.54) is 6.33 Å². The van der Waals surface area contributed by atoms with E-state index >= 15 is 0 Å². The lowest BCUT2D eigenvalue weighted by molar-refractivity contribution is -0.129. The zero-order valence-electron chi connectivity index (χ0n) is 16.9. The summed E-state index contributed by atoms with van der Waals surface area (Å²) in [4.78, 5) is 24.1. The summed E-state index contributed by atoms with van der Waals surface area (Å²) in [6.45, 7) is 3.91. The molecule has 1 amide bonds. The van der Waals surface area contributed by atoms with Gasteiger partial charge in [0.25, 0.3) is 0 Å². The van der Waals surface area contributed by atoms with Crippen LogP contribution in [0.1, 0.15) is 18.2 Å². The molecule has 1 atom stereocenters. The van der Waals surface area contributed by atoms with Crippen molar-refractivity contribution < 1.29 is 14.3 Å². The molecular formula is C20H26N6O3. The van der Waals surface area contributed by atoms with Crippen LogP contribution in [0.3, 0.4) is 0 Å². The van der Waals surface area contributed by atoms with E-state index in [0.29, 0.717) is 48.2 Å². The minimum absolute atomic E-state index is 0.0331. The summed E-state index contributed by atoms with van der Waals surface area (Å²) in [6.07, 6.45) is 1.27. The Morgan fingerprint density at radius 2 is 2.10 bits per heavy atom. The molecule has 154 valence electrons. The average Bonchev–Trinajstić information content (AvgIpc) is 2.71. The molecule has 9 nitrogen and oxygen atoms in total. The van der Waals surface area contributed by atoms with E-state index in [1.807, 2.05) is 11.8 Å². The first-order chi connectivity index (χ1) is 13.9. The van der Waals surface area contributed by atoms with Gasteiger partial charge in [0.1, 0.15) is 24.0 Å². The first-order valence-corrected chi connectivity index (χ1v) is 9.34. The molecule has 3 N–H and O–H groups in total. The zero-order valence-corrected chi connectivity index (χ0v) is 16.9. The molecule has 0 radical (unpaired) electrons. The monoisotopic (exact) mass is 398 g/mol. The number of ether oxygens (including phenoxy) is 2. The lowest BCUT2D eigenvalue weighted by Crippen LogP contribution is -2.48. The molecule has 1 aliphatic heterocycles. The van der Waals surface area contributed by atoms with Crippen molar-refractivity contribution >= 4 is 23.1 Å². The molecule has 1 unspecified atom stereocenters. The van der Waals surface area contributed by atoms with E-state index < -0.39 is 0 Å². The number of amides is 1. The van der Waals surface area contributed by atoms with Crippen LogP contribution in [0.2, 0.25) is 0 Å². The van der Waals surface area contributed by atoms with Gasteiger partial charge < -0.3 is 25.0 Å². The number of hydrogen-bond donors (Lipinski definition) is 2. The molecule has 1 aliphatic rings. The number of methoxy groups -OCH3 is 1. The highest BCUT2D eigenvalue weighted by atomic mass is 16.5. The lowest BCUT2D eigenvalue weighted by Gasteiger charge is -2.32. The van der Waals surface area contributed by atoms with E-state index in [-0.39, 0.29) is 24.3 Å². The summed E-state index contributed by atoms with van der Waals surface area (Å²) in [5.74, 6) is 1.24. The van der Waals surface area contributed by atoms with Gasteiger partial charge in [-0.25, -0.2) is 9.97 Å². The van der Waals surface area contributed by atoms with Gasteiger partial charge in [0.2, 0.25) is 5.91 Å². The predicted molar refractivity (Wildman–Crippen MR) is 111 cm³/mol. The van der Waals surface area contributed by atoms with Crippen molar-refractivity contribution in [2.45, 2.75) is 13.0 Å². The highest BCUT2D eigenvalue weighted by molar-refractivity contribution is 6.13. The number of benzene rings is 1. The summed E-state index contributed by atoms with van der Waals surface area (Å²) >= 11 is 0. The number of nitrogens with one attached hydrogen (secondary N) is 1. The summed E-state index contributed by atoms with van der Waals surface area (Å²) in [6, 6.07) is 6.91. The van der Waals surface area contributed by atoms with Gasteiger partial charge in [-0.2, -0.15) is 0 Å². The van der Waals surface area contributed by atoms with Crippen molar-refractivity contribution in [3.05, 3.63) is 41.9 Å². The van der Waals surface area contributed by atoms with Gasteiger partial charge in [0.15, 0.2) is 0 Å². The van der Waals surface area contributed by atoms with Crippen LogP contribution in [0, 0.1) is 5.41 Å². The molecule has 29 heavy (non-hydrogen) atoms. The third-order valence-corrected chi connectivity index (χ3v) is 4.72. The number of rotatable bonds is 7. The average molecular weight is 398 g/mol. The Bertz CT molecular complexity index is 904. The normalized spacial score (nSPS) is 15.3. The number of likely N-dealkylation sites (N-methyl/N-ethyl adjacent to an activating group) is 1. The van der Waals surface area contributed by atoms with Gasteiger partial charge in [0.05, 0.1) is 24.6 Å². The Kier molecular flexibility index (Phi) is 6.28. The minimum atomic E-state index is -0.133. The maximum Gasteiger partial charge on any atom is 0.241 e. The zero-order chi connectivity index (χ0) is 21.0. The molecule has 1 aromatic carbocycles. The largest absolute Gasteiger partial charge is 0.488 e. The van der Waals surface area contributed by atoms with Crippen LogP contribution >= 0.6 is 0 Å². The van der Waals surface area contributed by atoms with Gasteiger partial charge in [-0.3, -0.25) is 10.2 Å². The Morgan fingerprint density at radius 1 is 1.31 bits per heavy atom. The van der Waals surface area contributed by atoms with Crippen molar-refractivity contribution in [2.24, 2.45) is 0 Å². The molecule has 1 fully saturated rings. The van der Waals surface area contributed by atoms with E-state index in [9.17, 15) is 4.79 Å². The molecule has 0 spiro atoms. The molecule has 9 heteroatoms. The van der Waals surface area contributed by atoms with Crippen LogP contribution in [0.15, 0.2) is 30.6 Å². The molecule has 0 aliphatic carbocycles. The van der Waals surface area contributed by atoms with Crippen molar-refractivity contribution in [3.63, 3.8) is 0 Å². The Hall–Kier alpha value is -3.20. The van der Waals surface area contributed by atoms with Crippen molar-refractivity contribution in [1.82, 2.24) is 14.9 Å². The number of nitrogens with two attached hydrogens (primary N) is 1. The molecule has 0 bridgehead atoms. The second-order valence-electron chi connectivity index (χ2n) is 7.01. The van der Waals surface area contributed by atoms with Crippen molar-refractivity contribution in [1.29, 1.82) is 5.41 Å². The third-order valence-electron chi connectivity index (χ3n) is 4.72. The second kappa shape index (κ2) is 8.87. The van der Waals surface area contributed by atoms with Crippen LogP contribution < -0.4 is 15.4 Å². The second-order valence-corrected chi connectivity index (χ2v) is 7.01. The SMILES string of the molecule is COCC(C)Oc1ccc(N)c(C(=N)c2cc(N3CCN(C)C(=O)C3)ncn2)c1. The third kappa shape index (κ3) is 4.80. The fourth-order valence-corrected chi connectivity index (χ4v) is 3.07.